The Labute approximate surface area is 136 Å². The van der Waals surface area contributed by atoms with Crippen LogP contribution in [0.1, 0.15) is 39.4 Å². The van der Waals surface area contributed by atoms with E-state index in [4.69, 9.17) is 10.7 Å². The van der Waals surface area contributed by atoms with E-state index in [0.717, 1.165) is 47.0 Å². The van der Waals surface area contributed by atoms with E-state index in [2.05, 4.69) is 16.5 Å². The summed E-state index contributed by atoms with van der Waals surface area (Å²) < 4.78 is 2.12. The maximum absolute atomic E-state index is 10.3. The van der Waals surface area contributed by atoms with Crippen molar-refractivity contribution in [1.29, 1.82) is 0 Å². The van der Waals surface area contributed by atoms with E-state index in [1.54, 1.807) is 0 Å². The van der Waals surface area contributed by atoms with Crippen LogP contribution in [0.4, 0.5) is 5.82 Å². The van der Waals surface area contributed by atoms with Crippen molar-refractivity contribution in [2.24, 2.45) is 0 Å². The number of rotatable bonds is 5. The Hall–Kier alpha value is -2.14. The maximum Gasteiger partial charge on any atom is 0.152 e. The molecule has 23 heavy (non-hydrogen) atoms. The number of nitrogens with two attached hydrogens (primary N) is 1. The molecule has 0 aliphatic carbocycles. The van der Waals surface area contributed by atoms with E-state index in [1.165, 1.54) is 0 Å². The molecule has 0 spiro atoms. The molecule has 0 saturated heterocycles. The van der Waals surface area contributed by atoms with Gasteiger partial charge in [-0.25, -0.2) is 9.97 Å². The summed E-state index contributed by atoms with van der Waals surface area (Å²) in [6.07, 6.45) is 3.02. The molecule has 3 N–H and O–H groups in total. The molecule has 0 fully saturated rings. The van der Waals surface area contributed by atoms with Gasteiger partial charge in [0.25, 0.3) is 0 Å². The van der Waals surface area contributed by atoms with Crippen LogP contribution in [-0.2, 0) is 13.0 Å². The zero-order chi connectivity index (χ0) is 16.6. The third-order valence-electron chi connectivity index (χ3n) is 3.99. The number of hydrogen-bond donors (Lipinski definition) is 2. The van der Waals surface area contributed by atoms with Crippen LogP contribution < -0.4 is 5.73 Å². The molecule has 0 aliphatic heterocycles. The van der Waals surface area contributed by atoms with E-state index in [0.29, 0.717) is 12.4 Å². The van der Waals surface area contributed by atoms with E-state index >= 15 is 0 Å². The Balaban J connectivity index is 2.32. The van der Waals surface area contributed by atoms with Gasteiger partial charge in [-0.05, 0) is 26.3 Å². The number of pyridine rings is 1. The molecule has 5 heteroatoms. The fourth-order valence-corrected chi connectivity index (χ4v) is 2.99. The lowest BCUT2D eigenvalue weighted by molar-refractivity contribution is 0.0618. The fourth-order valence-electron chi connectivity index (χ4n) is 2.99. The van der Waals surface area contributed by atoms with Crippen LogP contribution in [-0.4, -0.2) is 25.2 Å². The summed E-state index contributed by atoms with van der Waals surface area (Å²) in [5.74, 6) is 1.42. The molecule has 122 valence electrons. The third-order valence-corrected chi connectivity index (χ3v) is 3.99. The van der Waals surface area contributed by atoms with Gasteiger partial charge in [-0.2, -0.15) is 0 Å². The Kier molecular flexibility index (Phi) is 3.98. The second kappa shape index (κ2) is 5.81. The van der Waals surface area contributed by atoms with Crippen LogP contribution in [0.3, 0.4) is 0 Å². The largest absolute Gasteiger partial charge is 0.389 e. The highest BCUT2D eigenvalue weighted by Gasteiger charge is 2.22. The molecule has 0 amide bonds. The average molecular weight is 312 g/mol. The number of nitrogens with zero attached hydrogens (tertiary/aromatic N) is 3. The molecule has 1 aromatic carbocycles. The van der Waals surface area contributed by atoms with E-state index < -0.39 is 5.60 Å². The SMILES string of the molecule is CCCCc1nc2c(N)nc3ccccc3c2n1CC(C)(C)O. The standard InChI is InChI=1S/C18H24N4O/c1-4-5-10-14-21-15-16(22(14)11-18(2,3)23)12-8-6-7-9-13(12)20-17(15)19/h6-9,23H,4-5,10-11H2,1-3H3,(H2,19,20). The number of aryl methyl sites for hydroxylation is 1. The number of aromatic nitrogens is 3. The molecule has 0 bridgehead atoms. The number of anilines is 1. The van der Waals surface area contributed by atoms with Crippen LogP contribution in [0.5, 0.6) is 0 Å². The van der Waals surface area contributed by atoms with Gasteiger partial charge in [0, 0.05) is 11.8 Å². The van der Waals surface area contributed by atoms with Gasteiger partial charge in [0.05, 0.1) is 23.2 Å². The number of imidazole rings is 1. The van der Waals surface area contributed by atoms with Gasteiger partial charge in [0.15, 0.2) is 5.82 Å². The highest BCUT2D eigenvalue weighted by Crippen LogP contribution is 2.30. The van der Waals surface area contributed by atoms with E-state index in [9.17, 15) is 5.11 Å². The van der Waals surface area contributed by atoms with Gasteiger partial charge in [0.1, 0.15) is 11.3 Å². The minimum Gasteiger partial charge on any atom is -0.389 e. The number of para-hydroxylation sites is 1. The quantitative estimate of drug-likeness (QED) is 0.758. The Bertz CT molecular complexity index is 845. The summed E-state index contributed by atoms with van der Waals surface area (Å²) in [7, 11) is 0. The Morgan fingerprint density at radius 2 is 1.96 bits per heavy atom. The molecular weight excluding hydrogens is 288 g/mol. The predicted octanol–water partition coefficient (Wildman–Crippen LogP) is 3.28. The molecule has 0 atom stereocenters. The molecule has 0 saturated carbocycles. The van der Waals surface area contributed by atoms with Crippen molar-refractivity contribution in [2.45, 2.75) is 52.2 Å². The van der Waals surface area contributed by atoms with E-state index in [-0.39, 0.29) is 0 Å². The molecule has 5 nitrogen and oxygen atoms in total. The van der Waals surface area contributed by atoms with Crippen molar-refractivity contribution in [3.63, 3.8) is 0 Å². The number of aliphatic hydroxyl groups is 1. The molecule has 0 unspecified atom stereocenters. The predicted molar refractivity (Wildman–Crippen MR) is 94.4 cm³/mol. The fraction of sp³-hybridized carbons (Fsp3) is 0.444. The summed E-state index contributed by atoms with van der Waals surface area (Å²) >= 11 is 0. The highest BCUT2D eigenvalue weighted by atomic mass is 16.3. The van der Waals surface area contributed by atoms with Gasteiger partial charge in [-0.15, -0.1) is 0 Å². The smallest absolute Gasteiger partial charge is 0.152 e. The molecule has 3 aromatic rings. The molecule has 2 heterocycles. The van der Waals surface area contributed by atoms with Crippen molar-refractivity contribution in [1.82, 2.24) is 14.5 Å². The summed E-state index contributed by atoms with van der Waals surface area (Å²) in [6.45, 7) is 6.27. The van der Waals surface area contributed by atoms with Gasteiger partial charge < -0.3 is 15.4 Å². The first-order chi connectivity index (χ1) is 10.9. The second-order valence-electron chi connectivity index (χ2n) is 6.74. The normalized spacial score (nSPS) is 12.3. The monoisotopic (exact) mass is 312 g/mol. The second-order valence-corrected chi connectivity index (χ2v) is 6.74. The average Bonchev–Trinajstić information content (AvgIpc) is 2.83. The van der Waals surface area contributed by atoms with Crippen molar-refractivity contribution in [2.75, 3.05) is 5.73 Å². The lowest BCUT2D eigenvalue weighted by Crippen LogP contribution is -2.27. The first kappa shape index (κ1) is 15.7. The van der Waals surface area contributed by atoms with Gasteiger partial charge in [0.2, 0.25) is 0 Å². The lowest BCUT2D eigenvalue weighted by atomic mass is 10.1. The van der Waals surface area contributed by atoms with Crippen molar-refractivity contribution >= 4 is 27.8 Å². The summed E-state index contributed by atoms with van der Waals surface area (Å²) in [5, 5.41) is 11.4. The van der Waals surface area contributed by atoms with Gasteiger partial charge in [-0.3, -0.25) is 0 Å². The van der Waals surface area contributed by atoms with Crippen LogP contribution in [0.25, 0.3) is 21.9 Å². The summed E-state index contributed by atoms with van der Waals surface area (Å²) in [5.41, 5.74) is 7.89. The molecule has 0 aliphatic rings. The zero-order valence-corrected chi connectivity index (χ0v) is 14.0. The first-order valence-corrected chi connectivity index (χ1v) is 8.16. The van der Waals surface area contributed by atoms with Crippen molar-refractivity contribution in [3.8, 4) is 0 Å². The van der Waals surface area contributed by atoms with Crippen LogP contribution in [0.15, 0.2) is 24.3 Å². The van der Waals surface area contributed by atoms with Gasteiger partial charge >= 0.3 is 0 Å². The van der Waals surface area contributed by atoms with Crippen LogP contribution >= 0.6 is 0 Å². The minimum atomic E-state index is -0.826. The summed E-state index contributed by atoms with van der Waals surface area (Å²) in [4.78, 5) is 9.22. The summed E-state index contributed by atoms with van der Waals surface area (Å²) in [6, 6.07) is 7.94. The van der Waals surface area contributed by atoms with Crippen LogP contribution in [0, 0.1) is 0 Å². The topological polar surface area (TPSA) is 77.0 Å². The zero-order valence-electron chi connectivity index (χ0n) is 14.0. The van der Waals surface area contributed by atoms with Crippen molar-refractivity contribution in [3.05, 3.63) is 30.1 Å². The lowest BCUT2D eigenvalue weighted by Gasteiger charge is -2.20. The molecule has 2 aromatic heterocycles. The molecule has 3 rings (SSSR count). The Morgan fingerprint density at radius 3 is 2.65 bits per heavy atom. The third kappa shape index (κ3) is 3.01. The number of benzene rings is 1. The van der Waals surface area contributed by atoms with Gasteiger partial charge in [-0.1, -0.05) is 31.5 Å². The Morgan fingerprint density at radius 1 is 1.22 bits per heavy atom. The number of nitrogen functional groups attached to an aromatic ring is 1. The number of unbranched alkanes of at least 4 members (excludes halogenated alkanes) is 1. The minimum absolute atomic E-state index is 0.450. The van der Waals surface area contributed by atoms with E-state index in [1.807, 2.05) is 38.1 Å². The first-order valence-electron chi connectivity index (χ1n) is 8.16. The van der Waals surface area contributed by atoms with Crippen LogP contribution in [0.2, 0.25) is 0 Å². The highest BCUT2D eigenvalue weighted by molar-refractivity contribution is 6.06. The molecule has 0 radical (unpaired) electrons. The molecular formula is C18H24N4O. The number of fused-ring (bicyclic) bond motifs is 3. The number of hydrogen-bond acceptors (Lipinski definition) is 4. The maximum atomic E-state index is 10.3. The van der Waals surface area contributed by atoms with Crippen molar-refractivity contribution < 1.29 is 5.11 Å².